The minimum atomic E-state index is 0.0775. The standard InChI is InChI=1S/C12H13ClN2S/c1-8-5-7-16-12(8)11(14-2)10-9(13)4-3-6-15-10/h3-7,11,14H,1-2H3. The van der Waals surface area contributed by atoms with Crippen molar-refractivity contribution in [3.05, 3.63) is 50.9 Å². The van der Waals surface area contributed by atoms with Gasteiger partial charge in [-0.15, -0.1) is 11.3 Å². The molecule has 0 amide bonds. The lowest BCUT2D eigenvalue weighted by Gasteiger charge is -2.16. The second-order valence-electron chi connectivity index (χ2n) is 3.56. The van der Waals surface area contributed by atoms with Crippen LogP contribution in [0, 0.1) is 6.92 Å². The summed E-state index contributed by atoms with van der Waals surface area (Å²) in [5.41, 5.74) is 2.16. The summed E-state index contributed by atoms with van der Waals surface area (Å²) in [4.78, 5) is 5.63. The quantitative estimate of drug-likeness (QED) is 0.906. The Morgan fingerprint density at radius 2 is 2.25 bits per heavy atom. The van der Waals surface area contributed by atoms with Crippen LogP contribution in [-0.4, -0.2) is 12.0 Å². The molecular formula is C12H13ClN2S. The van der Waals surface area contributed by atoms with Gasteiger partial charge in [0.15, 0.2) is 0 Å². The first-order chi connectivity index (χ1) is 7.74. The summed E-state index contributed by atoms with van der Waals surface area (Å²) in [5.74, 6) is 0. The molecule has 4 heteroatoms. The number of nitrogens with one attached hydrogen (secondary N) is 1. The first kappa shape index (κ1) is 11.6. The van der Waals surface area contributed by atoms with Gasteiger partial charge in [0.05, 0.1) is 16.8 Å². The highest BCUT2D eigenvalue weighted by Gasteiger charge is 2.19. The molecule has 1 N–H and O–H groups in total. The summed E-state index contributed by atoms with van der Waals surface area (Å²) in [7, 11) is 1.93. The van der Waals surface area contributed by atoms with E-state index in [-0.39, 0.29) is 6.04 Å². The molecule has 84 valence electrons. The zero-order valence-corrected chi connectivity index (χ0v) is 10.8. The SMILES string of the molecule is CNC(c1ncccc1Cl)c1sccc1C. The van der Waals surface area contributed by atoms with E-state index >= 15 is 0 Å². The highest BCUT2D eigenvalue weighted by Crippen LogP contribution is 2.31. The van der Waals surface area contributed by atoms with Crippen molar-refractivity contribution in [2.75, 3.05) is 7.05 Å². The average Bonchev–Trinajstić information content (AvgIpc) is 2.69. The Bertz CT molecular complexity index is 481. The summed E-state index contributed by atoms with van der Waals surface area (Å²) in [6.07, 6.45) is 1.77. The van der Waals surface area contributed by atoms with Crippen molar-refractivity contribution in [2.45, 2.75) is 13.0 Å². The molecule has 0 fully saturated rings. The van der Waals surface area contributed by atoms with Crippen molar-refractivity contribution in [3.63, 3.8) is 0 Å². The highest BCUT2D eigenvalue weighted by molar-refractivity contribution is 7.10. The number of aromatic nitrogens is 1. The second-order valence-corrected chi connectivity index (χ2v) is 4.91. The van der Waals surface area contributed by atoms with Crippen LogP contribution < -0.4 is 5.32 Å². The molecule has 0 saturated heterocycles. The molecule has 0 aliphatic rings. The van der Waals surface area contributed by atoms with Crippen LogP contribution in [0.1, 0.15) is 22.2 Å². The van der Waals surface area contributed by atoms with E-state index in [1.807, 2.05) is 19.2 Å². The molecule has 0 bridgehead atoms. The van der Waals surface area contributed by atoms with E-state index in [1.54, 1.807) is 17.5 Å². The third kappa shape index (κ3) is 2.12. The van der Waals surface area contributed by atoms with Crippen molar-refractivity contribution in [3.8, 4) is 0 Å². The van der Waals surface area contributed by atoms with Crippen LogP contribution >= 0.6 is 22.9 Å². The number of hydrogen-bond donors (Lipinski definition) is 1. The molecule has 2 rings (SSSR count). The van der Waals surface area contributed by atoms with E-state index in [0.29, 0.717) is 5.02 Å². The van der Waals surface area contributed by atoms with Crippen molar-refractivity contribution >= 4 is 22.9 Å². The van der Waals surface area contributed by atoms with Gasteiger partial charge < -0.3 is 5.32 Å². The van der Waals surface area contributed by atoms with E-state index in [1.165, 1.54) is 10.4 Å². The van der Waals surface area contributed by atoms with Gasteiger partial charge in [-0.2, -0.15) is 0 Å². The largest absolute Gasteiger partial charge is 0.307 e. The number of rotatable bonds is 3. The molecule has 0 radical (unpaired) electrons. The van der Waals surface area contributed by atoms with Gasteiger partial charge in [-0.25, -0.2) is 0 Å². The van der Waals surface area contributed by atoms with Crippen molar-refractivity contribution < 1.29 is 0 Å². The molecule has 0 aromatic carbocycles. The van der Waals surface area contributed by atoms with Crippen molar-refractivity contribution in [2.24, 2.45) is 0 Å². The van der Waals surface area contributed by atoms with Crippen molar-refractivity contribution in [1.29, 1.82) is 0 Å². The van der Waals surface area contributed by atoms with Gasteiger partial charge in [-0.05, 0) is 43.1 Å². The Labute approximate surface area is 104 Å². The Balaban J connectivity index is 2.45. The number of hydrogen-bond acceptors (Lipinski definition) is 3. The summed E-state index contributed by atoms with van der Waals surface area (Å²) >= 11 is 7.89. The third-order valence-electron chi connectivity index (χ3n) is 2.51. The van der Waals surface area contributed by atoms with Crippen LogP contribution in [-0.2, 0) is 0 Å². The van der Waals surface area contributed by atoms with E-state index < -0.39 is 0 Å². The Hall–Kier alpha value is -0.900. The van der Waals surface area contributed by atoms with Gasteiger partial charge in [-0.1, -0.05) is 11.6 Å². The number of aryl methyl sites for hydroxylation is 1. The number of thiophene rings is 1. The molecule has 2 nitrogen and oxygen atoms in total. The van der Waals surface area contributed by atoms with Crippen LogP contribution in [0.4, 0.5) is 0 Å². The molecular weight excluding hydrogens is 240 g/mol. The summed E-state index contributed by atoms with van der Waals surface area (Å²) in [5, 5.41) is 6.06. The molecule has 1 atom stereocenters. The highest BCUT2D eigenvalue weighted by atomic mass is 35.5. The average molecular weight is 253 g/mol. The molecule has 2 aromatic heterocycles. The van der Waals surface area contributed by atoms with Gasteiger partial charge in [0, 0.05) is 11.1 Å². The fourth-order valence-electron chi connectivity index (χ4n) is 1.68. The maximum Gasteiger partial charge on any atom is 0.0860 e. The molecule has 0 saturated carbocycles. The molecule has 2 aromatic rings. The van der Waals surface area contributed by atoms with Gasteiger partial charge in [0.25, 0.3) is 0 Å². The molecule has 2 heterocycles. The zero-order valence-electron chi connectivity index (χ0n) is 9.20. The zero-order chi connectivity index (χ0) is 11.5. The van der Waals surface area contributed by atoms with Crippen LogP contribution in [0.25, 0.3) is 0 Å². The van der Waals surface area contributed by atoms with Gasteiger partial charge in [0.1, 0.15) is 0 Å². The van der Waals surface area contributed by atoms with Crippen molar-refractivity contribution in [1.82, 2.24) is 10.3 Å². The number of halogens is 1. The van der Waals surface area contributed by atoms with Crippen LogP contribution in [0.5, 0.6) is 0 Å². The van der Waals surface area contributed by atoms with Gasteiger partial charge >= 0.3 is 0 Å². The molecule has 1 unspecified atom stereocenters. The monoisotopic (exact) mass is 252 g/mol. The number of pyridine rings is 1. The first-order valence-electron chi connectivity index (χ1n) is 5.05. The molecule has 0 aliphatic heterocycles. The van der Waals surface area contributed by atoms with E-state index in [2.05, 4.69) is 28.7 Å². The van der Waals surface area contributed by atoms with Crippen LogP contribution in [0.15, 0.2) is 29.8 Å². The maximum absolute atomic E-state index is 6.17. The van der Waals surface area contributed by atoms with Gasteiger partial charge in [-0.3, -0.25) is 4.98 Å². The summed E-state index contributed by atoms with van der Waals surface area (Å²) in [6, 6.07) is 5.91. The molecule has 0 spiro atoms. The van der Waals surface area contributed by atoms with E-state index in [9.17, 15) is 0 Å². The molecule has 16 heavy (non-hydrogen) atoms. The summed E-state index contributed by atoms with van der Waals surface area (Å²) < 4.78 is 0. The van der Waals surface area contributed by atoms with Gasteiger partial charge in [0.2, 0.25) is 0 Å². The molecule has 0 aliphatic carbocycles. The maximum atomic E-state index is 6.17. The Morgan fingerprint density at radius 1 is 1.44 bits per heavy atom. The minimum Gasteiger partial charge on any atom is -0.307 e. The minimum absolute atomic E-state index is 0.0775. The van der Waals surface area contributed by atoms with Crippen LogP contribution in [0.3, 0.4) is 0 Å². The lowest BCUT2D eigenvalue weighted by molar-refractivity contribution is 0.679. The normalized spacial score (nSPS) is 12.7. The smallest absolute Gasteiger partial charge is 0.0860 e. The first-order valence-corrected chi connectivity index (χ1v) is 6.31. The predicted octanol–water partition coefficient (Wildman–Crippen LogP) is 3.41. The topological polar surface area (TPSA) is 24.9 Å². The number of nitrogens with zero attached hydrogens (tertiary/aromatic N) is 1. The van der Waals surface area contributed by atoms with E-state index in [0.717, 1.165) is 5.69 Å². The second kappa shape index (κ2) is 4.95. The third-order valence-corrected chi connectivity index (χ3v) is 3.92. The Morgan fingerprint density at radius 3 is 2.81 bits per heavy atom. The lowest BCUT2D eigenvalue weighted by Crippen LogP contribution is -2.18. The predicted molar refractivity (Wildman–Crippen MR) is 69.2 cm³/mol. The fourth-order valence-corrected chi connectivity index (χ4v) is 2.95. The lowest BCUT2D eigenvalue weighted by atomic mass is 10.1. The Kier molecular flexibility index (Phi) is 3.59. The van der Waals surface area contributed by atoms with E-state index in [4.69, 9.17) is 11.6 Å². The summed E-state index contributed by atoms with van der Waals surface area (Å²) in [6.45, 7) is 2.10. The fraction of sp³-hybridized carbons (Fsp3) is 0.250. The van der Waals surface area contributed by atoms with Crippen LogP contribution in [0.2, 0.25) is 5.02 Å².